The molecule has 0 amide bonds. The van der Waals surface area contributed by atoms with Crippen molar-refractivity contribution in [1.82, 2.24) is 0 Å². The molecule has 7 aromatic rings. The van der Waals surface area contributed by atoms with Crippen LogP contribution in [-0.2, 0) is 20.2 Å². The van der Waals surface area contributed by atoms with Gasteiger partial charge in [0, 0.05) is 21.5 Å². The van der Waals surface area contributed by atoms with E-state index in [4.69, 9.17) is 11.5 Å². The fourth-order valence-electron chi connectivity index (χ4n) is 6.05. The fourth-order valence-corrected chi connectivity index (χ4v) is 7.34. The van der Waals surface area contributed by atoms with Gasteiger partial charge in [0.15, 0.2) is 10.9 Å². The highest BCUT2D eigenvalue weighted by Gasteiger charge is 2.29. The predicted octanol–water partition coefficient (Wildman–Crippen LogP) is 3.86. The number of fused-ring (bicyclic) bond motifs is 6. The average Bonchev–Trinajstić information content (AvgIpc) is 2.89. The Morgan fingerprint density at radius 3 is 1.10 bits per heavy atom. The molecule has 40 heavy (non-hydrogen) atoms. The van der Waals surface area contributed by atoms with Crippen LogP contribution in [0.2, 0.25) is 0 Å². The highest BCUT2D eigenvalue weighted by atomic mass is 32.2. The number of hydrogen-bond donors (Lipinski definition) is 4. The predicted molar refractivity (Wildman–Crippen MR) is 155 cm³/mol. The third-order valence-corrected chi connectivity index (χ3v) is 9.38. The summed E-state index contributed by atoms with van der Waals surface area (Å²) in [5.74, 6) is 0. The van der Waals surface area contributed by atoms with E-state index in [2.05, 4.69) is 0 Å². The molecular weight excluding hydrogens is 556 g/mol. The van der Waals surface area contributed by atoms with Crippen LogP contribution in [0.25, 0.3) is 64.6 Å². The van der Waals surface area contributed by atoms with E-state index in [1.54, 1.807) is 48.5 Å². The summed E-state index contributed by atoms with van der Waals surface area (Å²) >= 11 is 0. The molecule has 7 aromatic carbocycles. The minimum Gasteiger partial charge on any atom is -0.397 e. The number of nitrogens with two attached hydrogens (primary N) is 2. The van der Waals surface area contributed by atoms with Crippen LogP contribution in [0.1, 0.15) is 0 Å². The fraction of sp³-hybridized carbons (Fsp3) is 0. The number of rotatable bonds is 2. The molecule has 0 unspecified atom stereocenters. The van der Waals surface area contributed by atoms with Crippen molar-refractivity contribution < 1.29 is 25.9 Å². The molecule has 10 nitrogen and oxygen atoms in total. The monoisotopic (exact) mass is 572 g/mol. The van der Waals surface area contributed by atoms with Crippen LogP contribution < -0.4 is 22.3 Å². The Balaban J connectivity index is 2.06. The second-order valence-corrected chi connectivity index (χ2v) is 12.4. The third kappa shape index (κ3) is 2.93. The second kappa shape index (κ2) is 7.52. The van der Waals surface area contributed by atoms with Crippen molar-refractivity contribution >= 4 is 96.2 Å². The van der Waals surface area contributed by atoms with Crippen LogP contribution >= 0.6 is 0 Å². The Labute approximate surface area is 224 Å². The lowest BCUT2D eigenvalue weighted by molar-refractivity contribution is 0.481. The summed E-state index contributed by atoms with van der Waals surface area (Å²) in [7, 11) is -9.94. The Hall–Kier alpha value is -4.62. The van der Waals surface area contributed by atoms with E-state index in [1.807, 2.05) is 0 Å². The van der Waals surface area contributed by atoms with Gasteiger partial charge in [-0.2, -0.15) is 16.8 Å². The van der Waals surface area contributed by atoms with Crippen molar-refractivity contribution in [3.05, 3.63) is 81.1 Å². The summed E-state index contributed by atoms with van der Waals surface area (Å²) in [6.45, 7) is 0. The molecular formula is C28H16N2O8S2. The smallest absolute Gasteiger partial charge is 0.296 e. The standard InChI is InChI=1S/C28H16N2O8S2/c29-25-17(39(33,34)35)9-15-16-10-18(40(36,37)38)26(30)24-22(16)20(12-6-2-4-8-14(12)28(24)32)19-11-5-1-3-7-13(11)27(31)23(25)21(15)19/h1-10H,29-30H2,(H,33,34,35)(H,36,37,38). The lowest BCUT2D eigenvalue weighted by Gasteiger charge is -2.21. The molecule has 0 atom stereocenters. The average molecular weight is 573 g/mol. The minimum atomic E-state index is -4.97. The van der Waals surface area contributed by atoms with E-state index in [-0.39, 0.29) is 43.1 Å². The molecule has 198 valence electrons. The largest absolute Gasteiger partial charge is 0.397 e. The van der Waals surface area contributed by atoms with Gasteiger partial charge in [0.05, 0.1) is 22.1 Å². The van der Waals surface area contributed by atoms with E-state index in [9.17, 15) is 35.5 Å². The maximum atomic E-state index is 13.8. The summed E-state index contributed by atoms with van der Waals surface area (Å²) in [6.07, 6.45) is 0. The van der Waals surface area contributed by atoms with Gasteiger partial charge < -0.3 is 11.5 Å². The topological polar surface area (TPSA) is 195 Å². The van der Waals surface area contributed by atoms with Gasteiger partial charge in [0.1, 0.15) is 9.79 Å². The van der Waals surface area contributed by atoms with E-state index in [0.717, 1.165) is 12.1 Å². The zero-order valence-electron chi connectivity index (χ0n) is 20.1. The molecule has 0 bridgehead atoms. The van der Waals surface area contributed by atoms with E-state index >= 15 is 0 Å². The lowest BCUT2D eigenvalue weighted by atomic mass is 9.84. The number of hydrogen-bond acceptors (Lipinski definition) is 8. The minimum absolute atomic E-state index is 0.0201. The van der Waals surface area contributed by atoms with Gasteiger partial charge >= 0.3 is 0 Å². The van der Waals surface area contributed by atoms with Gasteiger partial charge in [-0.25, -0.2) is 0 Å². The van der Waals surface area contributed by atoms with Crippen LogP contribution in [0.4, 0.5) is 11.4 Å². The van der Waals surface area contributed by atoms with Crippen LogP contribution in [0, 0.1) is 0 Å². The van der Waals surface area contributed by atoms with Crippen molar-refractivity contribution in [2.75, 3.05) is 11.5 Å². The Bertz CT molecular complexity index is 2470. The highest BCUT2D eigenvalue weighted by molar-refractivity contribution is 7.86. The van der Waals surface area contributed by atoms with Gasteiger partial charge in [0.2, 0.25) is 0 Å². The molecule has 0 saturated carbocycles. The van der Waals surface area contributed by atoms with E-state index in [0.29, 0.717) is 21.5 Å². The first-order valence-electron chi connectivity index (χ1n) is 11.7. The van der Waals surface area contributed by atoms with Crippen LogP contribution in [0.3, 0.4) is 0 Å². The van der Waals surface area contributed by atoms with Gasteiger partial charge in [-0.05, 0) is 44.5 Å². The summed E-state index contributed by atoms with van der Waals surface area (Å²) in [5.41, 5.74) is 10.3. The number of nitrogen functional groups attached to an aromatic ring is 2. The maximum absolute atomic E-state index is 13.8. The summed E-state index contributed by atoms with van der Waals surface area (Å²) in [6, 6.07) is 15.3. The van der Waals surface area contributed by atoms with Gasteiger partial charge in [-0.3, -0.25) is 18.7 Å². The summed E-state index contributed by atoms with van der Waals surface area (Å²) in [5, 5.41) is 2.36. The van der Waals surface area contributed by atoms with Gasteiger partial charge in [-0.1, -0.05) is 48.5 Å². The molecule has 6 N–H and O–H groups in total. The van der Waals surface area contributed by atoms with Crippen molar-refractivity contribution in [2.24, 2.45) is 0 Å². The highest BCUT2D eigenvalue weighted by Crippen LogP contribution is 2.48. The first-order chi connectivity index (χ1) is 18.8. The van der Waals surface area contributed by atoms with Crippen LogP contribution in [0.5, 0.6) is 0 Å². The second-order valence-electron chi connectivity index (χ2n) is 9.62. The van der Waals surface area contributed by atoms with Gasteiger partial charge in [-0.15, -0.1) is 0 Å². The molecule has 0 saturated heterocycles. The Morgan fingerprint density at radius 2 is 0.775 bits per heavy atom. The lowest BCUT2D eigenvalue weighted by Crippen LogP contribution is -2.13. The molecule has 12 heteroatoms. The molecule has 7 rings (SSSR count). The zero-order valence-corrected chi connectivity index (χ0v) is 21.7. The summed E-state index contributed by atoms with van der Waals surface area (Å²) in [4.78, 5) is 26.1. The quantitative estimate of drug-likeness (QED) is 0.102. The summed E-state index contributed by atoms with van der Waals surface area (Å²) < 4.78 is 69.7. The first kappa shape index (κ1) is 24.4. The molecule has 0 aliphatic heterocycles. The maximum Gasteiger partial charge on any atom is 0.296 e. The van der Waals surface area contributed by atoms with E-state index < -0.39 is 52.3 Å². The third-order valence-electron chi connectivity index (χ3n) is 7.59. The number of anilines is 2. The SMILES string of the molecule is Nc1c(S(=O)(=O)O)cc2c3cc(S(=O)(=O)O)c(N)c4c(=O)c5ccccc5c(c43)c3c4ccccc4c(=O)c1c23. The van der Waals surface area contributed by atoms with Crippen LogP contribution in [0.15, 0.2) is 80.0 Å². The molecule has 0 aromatic heterocycles. The normalized spacial score (nSPS) is 13.1. The van der Waals surface area contributed by atoms with Gasteiger partial charge in [0.25, 0.3) is 20.2 Å². The number of benzene rings is 7. The zero-order chi connectivity index (χ0) is 28.5. The van der Waals surface area contributed by atoms with E-state index in [1.165, 1.54) is 0 Å². The molecule has 0 radical (unpaired) electrons. The van der Waals surface area contributed by atoms with Crippen molar-refractivity contribution in [3.63, 3.8) is 0 Å². The van der Waals surface area contributed by atoms with Crippen molar-refractivity contribution in [3.8, 4) is 0 Å². The van der Waals surface area contributed by atoms with Crippen molar-refractivity contribution in [2.45, 2.75) is 9.79 Å². The molecule has 0 heterocycles. The first-order valence-corrected chi connectivity index (χ1v) is 14.6. The van der Waals surface area contributed by atoms with Crippen molar-refractivity contribution in [1.29, 1.82) is 0 Å². The molecule has 0 aliphatic carbocycles. The molecule has 0 spiro atoms. The molecule has 0 fully saturated rings. The Morgan fingerprint density at radius 1 is 0.475 bits per heavy atom. The Kier molecular flexibility index (Phi) is 4.59. The van der Waals surface area contributed by atoms with Crippen LogP contribution in [-0.4, -0.2) is 25.9 Å². The molecule has 0 aliphatic rings.